The SMILES string of the molecule is COC(=O)C[C@H]1C(=O)NCCN1Cc1ccccc1. The molecular formula is C14H18N2O3. The van der Waals surface area contributed by atoms with E-state index in [-0.39, 0.29) is 18.3 Å². The van der Waals surface area contributed by atoms with E-state index in [1.54, 1.807) is 0 Å². The average Bonchev–Trinajstić information content (AvgIpc) is 2.43. The van der Waals surface area contributed by atoms with Gasteiger partial charge in [0.05, 0.1) is 13.5 Å². The first-order chi connectivity index (χ1) is 9.20. The summed E-state index contributed by atoms with van der Waals surface area (Å²) in [5.41, 5.74) is 1.13. The predicted molar refractivity (Wildman–Crippen MR) is 70.3 cm³/mol. The Morgan fingerprint density at radius 2 is 2.16 bits per heavy atom. The molecule has 1 amide bonds. The lowest BCUT2D eigenvalue weighted by molar-refractivity contribution is -0.146. The summed E-state index contributed by atoms with van der Waals surface area (Å²) in [7, 11) is 1.34. The number of esters is 1. The minimum Gasteiger partial charge on any atom is -0.469 e. The highest BCUT2D eigenvalue weighted by molar-refractivity contribution is 5.87. The van der Waals surface area contributed by atoms with Gasteiger partial charge in [-0.1, -0.05) is 30.3 Å². The first kappa shape index (κ1) is 13.5. The standard InChI is InChI=1S/C14H18N2O3/c1-19-13(17)9-12-14(18)15-7-8-16(12)10-11-5-3-2-4-6-11/h2-6,12H,7-10H2,1H3,(H,15,18)/t12-/m0/s1. The summed E-state index contributed by atoms with van der Waals surface area (Å²) < 4.78 is 4.65. The lowest BCUT2D eigenvalue weighted by atomic mass is 10.1. The lowest BCUT2D eigenvalue weighted by Crippen LogP contribution is -2.55. The summed E-state index contributed by atoms with van der Waals surface area (Å²) in [4.78, 5) is 25.3. The Hall–Kier alpha value is -1.88. The predicted octanol–water partition coefficient (Wildman–Crippen LogP) is 0.550. The van der Waals surface area contributed by atoms with Gasteiger partial charge in [-0.2, -0.15) is 0 Å². The van der Waals surface area contributed by atoms with Crippen molar-refractivity contribution in [3.63, 3.8) is 0 Å². The number of ether oxygens (including phenoxy) is 1. The molecule has 0 saturated carbocycles. The smallest absolute Gasteiger partial charge is 0.307 e. The van der Waals surface area contributed by atoms with E-state index in [1.807, 2.05) is 35.2 Å². The number of piperazine rings is 1. The summed E-state index contributed by atoms with van der Waals surface area (Å²) in [6.07, 6.45) is 0.0924. The Labute approximate surface area is 112 Å². The second-order valence-corrected chi connectivity index (χ2v) is 4.54. The first-order valence-corrected chi connectivity index (χ1v) is 6.33. The summed E-state index contributed by atoms with van der Waals surface area (Å²) in [5, 5.41) is 2.79. The van der Waals surface area contributed by atoms with Crippen LogP contribution in [0.25, 0.3) is 0 Å². The lowest BCUT2D eigenvalue weighted by Gasteiger charge is -2.34. The van der Waals surface area contributed by atoms with Crippen LogP contribution in [0, 0.1) is 0 Å². The van der Waals surface area contributed by atoms with Gasteiger partial charge in [0.15, 0.2) is 0 Å². The van der Waals surface area contributed by atoms with Crippen LogP contribution in [0.1, 0.15) is 12.0 Å². The monoisotopic (exact) mass is 262 g/mol. The van der Waals surface area contributed by atoms with Crippen molar-refractivity contribution >= 4 is 11.9 Å². The number of amides is 1. The molecule has 0 spiro atoms. The van der Waals surface area contributed by atoms with Crippen LogP contribution in [0.3, 0.4) is 0 Å². The van der Waals surface area contributed by atoms with Gasteiger partial charge in [0.1, 0.15) is 6.04 Å². The second-order valence-electron chi connectivity index (χ2n) is 4.54. The normalized spacial score (nSPS) is 19.8. The van der Waals surface area contributed by atoms with Crippen LogP contribution in [0.15, 0.2) is 30.3 Å². The number of methoxy groups -OCH3 is 1. The Bertz CT molecular complexity index is 447. The Morgan fingerprint density at radius 3 is 2.84 bits per heavy atom. The summed E-state index contributed by atoms with van der Waals surface area (Å²) in [6, 6.07) is 9.48. The molecule has 0 bridgehead atoms. The molecule has 0 aliphatic carbocycles. The largest absolute Gasteiger partial charge is 0.469 e. The molecule has 1 atom stereocenters. The number of carbonyl (C=O) groups is 2. The maximum absolute atomic E-state index is 11.9. The van der Waals surface area contributed by atoms with Gasteiger partial charge >= 0.3 is 5.97 Å². The molecule has 102 valence electrons. The molecule has 1 fully saturated rings. The van der Waals surface area contributed by atoms with Crippen LogP contribution >= 0.6 is 0 Å². The van der Waals surface area contributed by atoms with Gasteiger partial charge in [-0.15, -0.1) is 0 Å². The fourth-order valence-electron chi connectivity index (χ4n) is 2.23. The van der Waals surface area contributed by atoms with Crippen molar-refractivity contribution in [2.45, 2.75) is 19.0 Å². The molecule has 5 nitrogen and oxygen atoms in total. The third-order valence-electron chi connectivity index (χ3n) is 3.26. The van der Waals surface area contributed by atoms with Crippen LogP contribution in [0.5, 0.6) is 0 Å². The third-order valence-corrected chi connectivity index (χ3v) is 3.26. The molecular weight excluding hydrogens is 244 g/mol. The molecule has 1 aromatic rings. The zero-order valence-electron chi connectivity index (χ0n) is 11.0. The van der Waals surface area contributed by atoms with Crippen molar-refractivity contribution in [3.8, 4) is 0 Å². The van der Waals surface area contributed by atoms with E-state index >= 15 is 0 Å². The quantitative estimate of drug-likeness (QED) is 0.805. The molecule has 1 aliphatic heterocycles. The minimum absolute atomic E-state index is 0.0924. The van der Waals surface area contributed by atoms with Gasteiger partial charge in [0.25, 0.3) is 0 Å². The molecule has 1 N–H and O–H groups in total. The average molecular weight is 262 g/mol. The number of benzene rings is 1. The number of nitrogens with zero attached hydrogens (tertiary/aromatic N) is 1. The van der Waals surface area contributed by atoms with E-state index in [2.05, 4.69) is 10.1 Å². The summed E-state index contributed by atoms with van der Waals surface area (Å²) in [5.74, 6) is -0.465. The zero-order valence-corrected chi connectivity index (χ0v) is 11.0. The second kappa shape index (κ2) is 6.33. The molecule has 0 radical (unpaired) electrons. The maximum atomic E-state index is 11.9. The fraction of sp³-hybridized carbons (Fsp3) is 0.429. The maximum Gasteiger partial charge on any atom is 0.307 e. The van der Waals surface area contributed by atoms with Crippen molar-refractivity contribution in [2.75, 3.05) is 20.2 Å². The number of carbonyl (C=O) groups excluding carboxylic acids is 2. The zero-order chi connectivity index (χ0) is 13.7. The third kappa shape index (κ3) is 3.54. The van der Waals surface area contributed by atoms with Crippen LogP contribution in [0.2, 0.25) is 0 Å². The van der Waals surface area contributed by atoms with Crippen molar-refractivity contribution in [1.29, 1.82) is 0 Å². The van der Waals surface area contributed by atoms with E-state index in [1.165, 1.54) is 7.11 Å². The number of nitrogens with one attached hydrogen (secondary N) is 1. The van der Waals surface area contributed by atoms with Crippen molar-refractivity contribution in [1.82, 2.24) is 10.2 Å². The van der Waals surface area contributed by atoms with Gasteiger partial charge in [-0.3, -0.25) is 14.5 Å². The molecule has 1 aliphatic rings. The highest BCUT2D eigenvalue weighted by Gasteiger charge is 2.31. The molecule has 1 heterocycles. The molecule has 19 heavy (non-hydrogen) atoms. The van der Waals surface area contributed by atoms with Crippen molar-refractivity contribution < 1.29 is 14.3 Å². The Kier molecular flexibility index (Phi) is 4.52. The van der Waals surface area contributed by atoms with Crippen molar-refractivity contribution in [2.24, 2.45) is 0 Å². The van der Waals surface area contributed by atoms with Gasteiger partial charge < -0.3 is 10.1 Å². The molecule has 1 saturated heterocycles. The van der Waals surface area contributed by atoms with Gasteiger partial charge in [-0.25, -0.2) is 0 Å². The number of rotatable bonds is 4. The highest BCUT2D eigenvalue weighted by Crippen LogP contribution is 2.14. The minimum atomic E-state index is -0.443. The van der Waals surface area contributed by atoms with Gasteiger partial charge in [0, 0.05) is 19.6 Å². The van der Waals surface area contributed by atoms with Crippen LogP contribution in [-0.4, -0.2) is 43.0 Å². The number of hydrogen-bond acceptors (Lipinski definition) is 4. The van der Waals surface area contributed by atoms with E-state index in [0.717, 1.165) is 12.1 Å². The molecule has 2 rings (SSSR count). The summed E-state index contributed by atoms with van der Waals surface area (Å²) >= 11 is 0. The van der Waals surface area contributed by atoms with E-state index in [4.69, 9.17) is 0 Å². The van der Waals surface area contributed by atoms with Crippen molar-refractivity contribution in [3.05, 3.63) is 35.9 Å². The fourth-order valence-corrected chi connectivity index (χ4v) is 2.23. The van der Waals surface area contributed by atoms with Crippen LogP contribution in [0.4, 0.5) is 0 Å². The Balaban J connectivity index is 2.07. The van der Waals surface area contributed by atoms with Gasteiger partial charge in [0.2, 0.25) is 5.91 Å². The molecule has 1 aromatic carbocycles. The van der Waals surface area contributed by atoms with E-state index in [0.29, 0.717) is 13.1 Å². The summed E-state index contributed by atoms with van der Waals surface area (Å²) in [6.45, 7) is 2.02. The van der Waals surface area contributed by atoms with Crippen LogP contribution < -0.4 is 5.32 Å². The highest BCUT2D eigenvalue weighted by atomic mass is 16.5. The first-order valence-electron chi connectivity index (χ1n) is 6.33. The molecule has 5 heteroatoms. The Morgan fingerprint density at radius 1 is 1.42 bits per heavy atom. The van der Waals surface area contributed by atoms with E-state index < -0.39 is 6.04 Å². The topological polar surface area (TPSA) is 58.6 Å². The number of hydrogen-bond donors (Lipinski definition) is 1. The van der Waals surface area contributed by atoms with E-state index in [9.17, 15) is 9.59 Å². The molecule has 0 aromatic heterocycles. The van der Waals surface area contributed by atoms with Gasteiger partial charge in [-0.05, 0) is 5.56 Å². The van der Waals surface area contributed by atoms with Crippen LogP contribution in [-0.2, 0) is 20.9 Å². The molecule has 0 unspecified atom stereocenters.